The van der Waals surface area contributed by atoms with Crippen molar-refractivity contribution in [1.82, 2.24) is 9.97 Å². The van der Waals surface area contributed by atoms with Crippen LogP contribution in [-0.4, -0.2) is 29.6 Å². The molecule has 1 atom stereocenters. The summed E-state index contributed by atoms with van der Waals surface area (Å²) in [6.07, 6.45) is 1.51. The maximum Gasteiger partial charge on any atom is 0.314 e. The maximum atomic E-state index is 12.1. The Bertz CT molecular complexity index is 855. The van der Waals surface area contributed by atoms with Gasteiger partial charge in [0.2, 0.25) is 0 Å². The van der Waals surface area contributed by atoms with Crippen LogP contribution in [0.1, 0.15) is 11.5 Å². The minimum absolute atomic E-state index is 0.284. The summed E-state index contributed by atoms with van der Waals surface area (Å²) in [6.45, 7) is 0.384. The van der Waals surface area contributed by atoms with Crippen molar-refractivity contribution < 1.29 is 9.53 Å². The number of nitrogens with one attached hydrogen (secondary N) is 1. The predicted molar refractivity (Wildman–Crippen MR) is 96.9 cm³/mol. The second-order valence-corrected chi connectivity index (χ2v) is 6.17. The lowest BCUT2D eigenvalue weighted by molar-refractivity contribution is -0.142. The average molecular weight is 386 g/mol. The van der Waals surface area contributed by atoms with Crippen molar-refractivity contribution in [3.8, 4) is 0 Å². The third-order valence-electron chi connectivity index (χ3n) is 3.76. The van der Waals surface area contributed by atoms with Crippen LogP contribution in [0.2, 0.25) is 0 Å². The van der Waals surface area contributed by atoms with E-state index in [1.807, 2.05) is 48.5 Å². The molecule has 1 aromatic heterocycles. The van der Waals surface area contributed by atoms with E-state index >= 15 is 0 Å². The molecule has 0 aliphatic heterocycles. The van der Waals surface area contributed by atoms with Crippen molar-refractivity contribution in [2.45, 2.75) is 5.92 Å². The van der Waals surface area contributed by atoms with Gasteiger partial charge in [0.15, 0.2) is 0 Å². The molecule has 0 amide bonds. The van der Waals surface area contributed by atoms with Crippen molar-refractivity contribution in [1.29, 1.82) is 0 Å². The smallest absolute Gasteiger partial charge is 0.314 e. The van der Waals surface area contributed by atoms with Crippen molar-refractivity contribution >= 4 is 38.6 Å². The Morgan fingerprint density at radius 1 is 1.21 bits per heavy atom. The van der Waals surface area contributed by atoms with Crippen LogP contribution in [0, 0.1) is 0 Å². The molecule has 0 bridgehead atoms. The minimum Gasteiger partial charge on any atom is -0.468 e. The lowest BCUT2D eigenvalue weighted by atomic mass is 9.99. The topological polar surface area (TPSA) is 64.1 Å². The van der Waals surface area contributed by atoms with E-state index < -0.39 is 5.92 Å². The highest BCUT2D eigenvalue weighted by Gasteiger charge is 2.21. The van der Waals surface area contributed by atoms with Gasteiger partial charge in [-0.2, -0.15) is 0 Å². The number of esters is 1. The number of rotatable bonds is 5. The van der Waals surface area contributed by atoms with Crippen molar-refractivity contribution in [3.05, 3.63) is 64.9 Å². The van der Waals surface area contributed by atoms with Gasteiger partial charge in [-0.15, -0.1) is 0 Å². The zero-order valence-electron chi connectivity index (χ0n) is 13.1. The predicted octanol–water partition coefficient (Wildman–Crippen LogP) is 3.76. The largest absolute Gasteiger partial charge is 0.468 e. The van der Waals surface area contributed by atoms with Gasteiger partial charge < -0.3 is 10.1 Å². The average Bonchev–Trinajstić information content (AvgIpc) is 2.62. The summed E-state index contributed by atoms with van der Waals surface area (Å²) in [7, 11) is 1.40. The second kappa shape index (κ2) is 7.40. The fraction of sp³-hybridized carbons (Fsp3) is 0.167. The molecule has 3 rings (SSSR count). The maximum absolute atomic E-state index is 12.1. The number of nitrogens with zero attached hydrogens (tertiary/aromatic N) is 2. The summed E-state index contributed by atoms with van der Waals surface area (Å²) in [5.41, 5.74) is 1.74. The lowest BCUT2D eigenvalue weighted by Crippen LogP contribution is -2.23. The summed E-state index contributed by atoms with van der Waals surface area (Å²) in [5, 5.41) is 4.15. The molecule has 5 nitrogen and oxygen atoms in total. The minimum atomic E-state index is -0.409. The van der Waals surface area contributed by atoms with E-state index in [1.165, 1.54) is 13.4 Å². The molecule has 0 radical (unpaired) electrons. The molecule has 2 aromatic carbocycles. The molecule has 0 fully saturated rings. The molecule has 0 unspecified atom stereocenters. The number of hydrogen-bond acceptors (Lipinski definition) is 5. The van der Waals surface area contributed by atoms with Gasteiger partial charge in [0.25, 0.3) is 0 Å². The third-order valence-corrected chi connectivity index (χ3v) is 4.25. The number of aromatic nitrogens is 2. The number of carbonyl (C=O) groups is 1. The Balaban J connectivity index is 1.88. The normalized spacial score (nSPS) is 11.9. The number of methoxy groups -OCH3 is 1. The quantitative estimate of drug-likeness (QED) is 0.677. The van der Waals surface area contributed by atoms with Crippen LogP contribution < -0.4 is 5.32 Å². The Morgan fingerprint density at radius 3 is 2.75 bits per heavy atom. The third kappa shape index (κ3) is 3.54. The number of fused-ring (bicyclic) bond motifs is 1. The van der Waals surface area contributed by atoms with Gasteiger partial charge in [-0.25, -0.2) is 9.97 Å². The lowest BCUT2D eigenvalue weighted by Gasteiger charge is -2.17. The first kappa shape index (κ1) is 16.4. The molecule has 6 heteroatoms. The SMILES string of the molecule is COC(=O)[C@@H](CNc1ncnc2ccc(Br)cc12)c1ccccc1. The molecule has 122 valence electrons. The van der Waals surface area contributed by atoms with E-state index in [0.29, 0.717) is 12.4 Å². The Hall–Kier alpha value is -2.47. The highest BCUT2D eigenvalue weighted by atomic mass is 79.9. The van der Waals surface area contributed by atoms with Crippen LogP contribution in [0.3, 0.4) is 0 Å². The number of benzene rings is 2. The molecule has 0 saturated carbocycles. The van der Waals surface area contributed by atoms with Crippen LogP contribution in [0.25, 0.3) is 10.9 Å². The zero-order valence-corrected chi connectivity index (χ0v) is 14.7. The van der Waals surface area contributed by atoms with E-state index in [0.717, 1.165) is 20.9 Å². The summed E-state index contributed by atoms with van der Waals surface area (Å²) in [6, 6.07) is 15.4. The Labute approximate surface area is 148 Å². The van der Waals surface area contributed by atoms with Crippen LogP contribution in [-0.2, 0) is 9.53 Å². The second-order valence-electron chi connectivity index (χ2n) is 5.25. The molecular formula is C18H16BrN3O2. The van der Waals surface area contributed by atoms with E-state index in [9.17, 15) is 4.79 Å². The monoisotopic (exact) mass is 385 g/mol. The van der Waals surface area contributed by atoms with Gasteiger partial charge in [-0.3, -0.25) is 4.79 Å². The Morgan fingerprint density at radius 2 is 2.00 bits per heavy atom. The number of carbonyl (C=O) groups excluding carboxylic acids is 1. The van der Waals surface area contributed by atoms with E-state index in [4.69, 9.17) is 4.74 Å². The fourth-order valence-electron chi connectivity index (χ4n) is 2.53. The molecule has 1 N–H and O–H groups in total. The first-order valence-electron chi connectivity index (χ1n) is 7.46. The molecular weight excluding hydrogens is 370 g/mol. The first-order chi connectivity index (χ1) is 11.7. The van der Waals surface area contributed by atoms with Gasteiger partial charge in [-0.1, -0.05) is 46.3 Å². The molecule has 1 heterocycles. The summed E-state index contributed by atoms with van der Waals surface area (Å²) in [4.78, 5) is 20.7. The van der Waals surface area contributed by atoms with Crippen molar-refractivity contribution in [2.75, 3.05) is 19.0 Å². The van der Waals surface area contributed by atoms with E-state index in [2.05, 4.69) is 31.2 Å². The highest BCUT2D eigenvalue weighted by Crippen LogP contribution is 2.25. The molecule has 24 heavy (non-hydrogen) atoms. The highest BCUT2D eigenvalue weighted by molar-refractivity contribution is 9.10. The summed E-state index contributed by atoms with van der Waals surface area (Å²) < 4.78 is 5.89. The van der Waals surface area contributed by atoms with Gasteiger partial charge in [-0.05, 0) is 23.8 Å². The first-order valence-corrected chi connectivity index (χ1v) is 8.25. The van der Waals surface area contributed by atoms with Gasteiger partial charge in [0, 0.05) is 16.4 Å². The zero-order chi connectivity index (χ0) is 16.9. The van der Waals surface area contributed by atoms with Gasteiger partial charge in [0.05, 0.1) is 18.5 Å². The van der Waals surface area contributed by atoms with E-state index in [1.54, 1.807) is 0 Å². The molecule has 3 aromatic rings. The molecule has 0 aliphatic carbocycles. The summed E-state index contributed by atoms with van der Waals surface area (Å²) in [5.74, 6) is -0.00672. The number of hydrogen-bond donors (Lipinski definition) is 1. The standard InChI is InChI=1S/C18H16BrN3O2/c1-24-18(23)15(12-5-3-2-4-6-12)10-20-17-14-9-13(19)7-8-16(14)21-11-22-17/h2-9,11,15H,10H2,1H3,(H,20,21,22)/t15-/m0/s1. The molecule has 0 saturated heterocycles. The van der Waals surface area contributed by atoms with Crippen LogP contribution >= 0.6 is 15.9 Å². The van der Waals surface area contributed by atoms with Crippen LogP contribution in [0.4, 0.5) is 5.82 Å². The molecule has 0 aliphatic rings. The van der Waals surface area contributed by atoms with Gasteiger partial charge >= 0.3 is 5.97 Å². The van der Waals surface area contributed by atoms with Crippen LogP contribution in [0.5, 0.6) is 0 Å². The fourth-order valence-corrected chi connectivity index (χ4v) is 2.89. The van der Waals surface area contributed by atoms with Gasteiger partial charge in [0.1, 0.15) is 12.1 Å². The summed E-state index contributed by atoms with van der Waals surface area (Å²) >= 11 is 3.46. The van der Waals surface area contributed by atoms with Crippen molar-refractivity contribution in [3.63, 3.8) is 0 Å². The Kier molecular flexibility index (Phi) is 5.05. The molecule has 0 spiro atoms. The number of halogens is 1. The number of anilines is 1. The van der Waals surface area contributed by atoms with Crippen LogP contribution in [0.15, 0.2) is 59.3 Å². The van der Waals surface area contributed by atoms with E-state index in [-0.39, 0.29) is 5.97 Å². The van der Waals surface area contributed by atoms with Crippen molar-refractivity contribution in [2.24, 2.45) is 0 Å². The number of ether oxygens (including phenoxy) is 1.